The molecular weight excluding hydrogens is 116 g/mol. The minimum absolute atomic E-state index is 0.133. The molecule has 2 N–H and O–H groups in total. The van der Waals surface area contributed by atoms with Gasteiger partial charge in [-0.3, -0.25) is 0 Å². The standard InChI is InChI=1S/C5H4N4/c1-2-4-3-7-5(6)9-8-4/h1,3H,(H2,6,7,9). The highest BCUT2D eigenvalue weighted by atomic mass is 15.2. The summed E-state index contributed by atoms with van der Waals surface area (Å²) >= 11 is 0. The average Bonchev–Trinajstić information content (AvgIpc) is 1.90. The van der Waals surface area contributed by atoms with Gasteiger partial charge in [-0.15, -0.1) is 16.6 Å². The quantitative estimate of drug-likeness (QED) is 0.466. The van der Waals surface area contributed by atoms with Crippen LogP contribution in [0.1, 0.15) is 5.69 Å². The number of hydrogen-bond donors (Lipinski definition) is 1. The number of hydrogen-bond acceptors (Lipinski definition) is 4. The van der Waals surface area contributed by atoms with Crippen molar-refractivity contribution < 1.29 is 0 Å². The molecule has 0 amide bonds. The van der Waals surface area contributed by atoms with E-state index in [0.29, 0.717) is 5.69 Å². The van der Waals surface area contributed by atoms with Gasteiger partial charge in [0.15, 0.2) is 5.69 Å². The lowest BCUT2D eigenvalue weighted by atomic mass is 10.5. The van der Waals surface area contributed by atoms with Gasteiger partial charge in [0.2, 0.25) is 5.95 Å². The van der Waals surface area contributed by atoms with Gasteiger partial charge in [-0.05, 0) is 5.92 Å². The van der Waals surface area contributed by atoms with Gasteiger partial charge in [0.25, 0.3) is 0 Å². The third-order valence-electron chi connectivity index (χ3n) is 0.727. The van der Waals surface area contributed by atoms with E-state index in [0.717, 1.165) is 0 Å². The zero-order chi connectivity index (χ0) is 6.69. The Labute approximate surface area is 52.1 Å². The molecule has 1 heterocycles. The lowest BCUT2D eigenvalue weighted by molar-refractivity contribution is 0.970. The molecule has 0 unspecified atom stereocenters. The Hall–Kier alpha value is -1.63. The van der Waals surface area contributed by atoms with Gasteiger partial charge >= 0.3 is 0 Å². The summed E-state index contributed by atoms with van der Waals surface area (Å²) in [6.45, 7) is 0. The summed E-state index contributed by atoms with van der Waals surface area (Å²) in [5.74, 6) is 2.40. The SMILES string of the molecule is C#Cc1cnc(N)nn1. The fraction of sp³-hybridized carbons (Fsp3) is 0. The van der Waals surface area contributed by atoms with Crippen LogP contribution in [-0.2, 0) is 0 Å². The van der Waals surface area contributed by atoms with Gasteiger partial charge in [0.1, 0.15) is 0 Å². The number of terminal acetylenes is 1. The Morgan fingerprint density at radius 1 is 1.56 bits per heavy atom. The van der Waals surface area contributed by atoms with E-state index < -0.39 is 0 Å². The summed E-state index contributed by atoms with van der Waals surface area (Å²) in [7, 11) is 0. The number of rotatable bonds is 0. The van der Waals surface area contributed by atoms with E-state index in [4.69, 9.17) is 12.2 Å². The monoisotopic (exact) mass is 120 g/mol. The van der Waals surface area contributed by atoms with Crippen LogP contribution in [0.5, 0.6) is 0 Å². The summed E-state index contributed by atoms with van der Waals surface area (Å²) in [4.78, 5) is 3.61. The minimum atomic E-state index is 0.133. The molecule has 0 aromatic carbocycles. The molecule has 4 nitrogen and oxygen atoms in total. The first-order valence-electron chi connectivity index (χ1n) is 2.25. The van der Waals surface area contributed by atoms with Crippen molar-refractivity contribution in [3.05, 3.63) is 11.9 Å². The van der Waals surface area contributed by atoms with Crippen molar-refractivity contribution in [2.24, 2.45) is 0 Å². The second-order valence-electron chi connectivity index (χ2n) is 1.35. The largest absolute Gasteiger partial charge is 0.366 e. The van der Waals surface area contributed by atoms with Crippen molar-refractivity contribution in [1.82, 2.24) is 15.2 Å². The number of nitrogens with zero attached hydrogens (tertiary/aromatic N) is 3. The van der Waals surface area contributed by atoms with E-state index in [1.165, 1.54) is 6.20 Å². The normalized spacial score (nSPS) is 8.33. The first-order valence-corrected chi connectivity index (χ1v) is 2.25. The molecule has 0 bridgehead atoms. The van der Waals surface area contributed by atoms with Crippen LogP contribution in [0, 0.1) is 12.3 Å². The Morgan fingerprint density at radius 2 is 2.33 bits per heavy atom. The van der Waals surface area contributed by atoms with Crippen molar-refractivity contribution in [3.63, 3.8) is 0 Å². The molecular formula is C5H4N4. The molecule has 0 aliphatic heterocycles. The molecule has 44 valence electrons. The maximum atomic E-state index is 5.13. The molecule has 0 fully saturated rings. The van der Waals surface area contributed by atoms with Crippen LogP contribution in [0.3, 0.4) is 0 Å². The van der Waals surface area contributed by atoms with Crippen LogP contribution in [0.15, 0.2) is 6.20 Å². The predicted octanol–water partition coefficient (Wildman–Crippen LogP) is -0.565. The van der Waals surface area contributed by atoms with Crippen molar-refractivity contribution in [2.75, 3.05) is 5.73 Å². The van der Waals surface area contributed by atoms with Gasteiger partial charge in [-0.25, -0.2) is 4.98 Å². The average molecular weight is 120 g/mol. The highest BCUT2D eigenvalue weighted by Gasteiger charge is 1.87. The maximum Gasteiger partial charge on any atom is 0.240 e. The van der Waals surface area contributed by atoms with Crippen LogP contribution in [-0.4, -0.2) is 15.2 Å². The van der Waals surface area contributed by atoms with Crippen LogP contribution in [0.4, 0.5) is 5.95 Å². The summed E-state index contributed by atoms with van der Waals surface area (Å²) in [6, 6.07) is 0. The summed E-state index contributed by atoms with van der Waals surface area (Å²) in [6.07, 6.45) is 6.36. The first-order chi connectivity index (χ1) is 4.33. The van der Waals surface area contributed by atoms with Crippen molar-refractivity contribution >= 4 is 5.95 Å². The van der Waals surface area contributed by atoms with Crippen LogP contribution < -0.4 is 5.73 Å². The number of nitrogen functional groups attached to an aromatic ring is 1. The Balaban J connectivity index is 3.06. The number of aromatic nitrogens is 3. The number of nitrogens with two attached hydrogens (primary N) is 1. The van der Waals surface area contributed by atoms with Crippen molar-refractivity contribution in [2.45, 2.75) is 0 Å². The molecule has 0 radical (unpaired) electrons. The summed E-state index contributed by atoms with van der Waals surface area (Å²) < 4.78 is 0. The lowest BCUT2D eigenvalue weighted by Crippen LogP contribution is -1.97. The fourth-order valence-corrected chi connectivity index (χ4v) is 0.350. The second kappa shape index (κ2) is 2.09. The molecule has 0 saturated carbocycles. The Bertz CT molecular complexity index is 232. The van der Waals surface area contributed by atoms with E-state index in [1.807, 2.05) is 0 Å². The van der Waals surface area contributed by atoms with Gasteiger partial charge in [-0.1, -0.05) is 0 Å². The minimum Gasteiger partial charge on any atom is -0.366 e. The van der Waals surface area contributed by atoms with E-state index in [9.17, 15) is 0 Å². The fourth-order valence-electron chi connectivity index (χ4n) is 0.350. The van der Waals surface area contributed by atoms with Crippen LogP contribution >= 0.6 is 0 Å². The zero-order valence-corrected chi connectivity index (χ0v) is 4.57. The Morgan fingerprint density at radius 3 is 2.78 bits per heavy atom. The smallest absolute Gasteiger partial charge is 0.240 e. The van der Waals surface area contributed by atoms with E-state index in [-0.39, 0.29) is 5.95 Å². The molecule has 1 rings (SSSR count). The summed E-state index contributed by atoms with van der Waals surface area (Å²) in [5, 5.41) is 6.95. The second-order valence-corrected chi connectivity index (χ2v) is 1.35. The van der Waals surface area contributed by atoms with E-state index in [1.54, 1.807) is 0 Å². The zero-order valence-electron chi connectivity index (χ0n) is 4.57. The van der Waals surface area contributed by atoms with Crippen LogP contribution in [0.25, 0.3) is 0 Å². The molecule has 0 aliphatic rings. The highest BCUT2D eigenvalue weighted by molar-refractivity contribution is 5.22. The van der Waals surface area contributed by atoms with Gasteiger partial charge in [0, 0.05) is 0 Å². The maximum absolute atomic E-state index is 5.13. The van der Waals surface area contributed by atoms with Gasteiger partial charge in [-0.2, -0.15) is 0 Å². The molecule has 4 heteroatoms. The topological polar surface area (TPSA) is 64.7 Å². The Kier molecular flexibility index (Phi) is 1.28. The van der Waals surface area contributed by atoms with Crippen molar-refractivity contribution in [3.8, 4) is 12.3 Å². The molecule has 0 spiro atoms. The predicted molar refractivity (Wildman–Crippen MR) is 32.2 cm³/mol. The highest BCUT2D eigenvalue weighted by Crippen LogP contribution is 1.87. The number of anilines is 1. The third-order valence-corrected chi connectivity index (χ3v) is 0.727. The first kappa shape index (κ1) is 5.51. The van der Waals surface area contributed by atoms with E-state index >= 15 is 0 Å². The van der Waals surface area contributed by atoms with Crippen molar-refractivity contribution in [1.29, 1.82) is 0 Å². The third kappa shape index (κ3) is 1.13. The molecule has 0 aliphatic carbocycles. The molecule has 1 aromatic rings. The molecule has 1 aromatic heterocycles. The molecule has 9 heavy (non-hydrogen) atoms. The summed E-state index contributed by atoms with van der Waals surface area (Å²) in [5.41, 5.74) is 5.52. The van der Waals surface area contributed by atoms with Gasteiger partial charge in [0.05, 0.1) is 6.20 Å². The molecule has 0 saturated heterocycles. The van der Waals surface area contributed by atoms with Gasteiger partial charge < -0.3 is 5.73 Å². The lowest BCUT2D eigenvalue weighted by Gasteiger charge is -1.86. The van der Waals surface area contributed by atoms with Crippen LogP contribution in [0.2, 0.25) is 0 Å². The molecule has 0 atom stereocenters. The van der Waals surface area contributed by atoms with E-state index in [2.05, 4.69) is 21.1 Å².